The van der Waals surface area contributed by atoms with Crippen molar-refractivity contribution in [3.8, 4) is 0 Å². The Kier molecular flexibility index (Phi) is 8.06. The molecule has 2 heteroatoms. The van der Waals surface area contributed by atoms with Crippen LogP contribution in [0.2, 0.25) is 0 Å². The number of carbonyl (C=O) groups is 1. The molecule has 0 saturated carbocycles. The molecule has 0 aromatic rings. The average Bonchev–Trinajstić information content (AvgIpc) is 2.23. The predicted octanol–water partition coefficient (Wildman–Crippen LogP) is 3.57. The highest BCUT2D eigenvalue weighted by molar-refractivity contribution is 5.71. The molecule has 0 radical (unpaired) electrons. The molecule has 2 nitrogen and oxygen atoms in total. The molecule has 0 aliphatic rings. The van der Waals surface area contributed by atoms with E-state index in [0.29, 0.717) is 12.5 Å². The SMILES string of the molecule is C=CCC[C@@H](C)CCC(C)C(=O)OCC. The summed E-state index contributed by atoms with van der Waals surface area (Å²) >= 11 is 0. The number of esters is 1. The first kappa shape index (κ1) is 14.2. The van der Waals surface area contributed by atoms with E-state index >= 15 is 0 Å². The first-order chi connectivity index (χ1) is 7.11. The summed E-state index contributed by atoms with van der Waals surface area (Å²) in [6.07, 6.45) is 6.20. The van der Waals surface area contributed by atoms with E-state index in [-0.39, 0.29) is 11.9 Å². The van der Waals surface area contributed by atoms with Crippen LogP contribution in [0.25, 0.3) is 0 Å². The Hall–Kier alpha value is -0.790. The number of carbonyl (C=O) groups excluding carboxylic acids is 1. The number of rotatable bonds is 8. The Morgan fingerprint density at radius 3 is 2.53 bits per heavy atom. The van der Waals surface area contributed by atoms with E-state index < -0.39 is 0 Å². The Morgan fingerprint density at radius 2 is 2.00 bits per heavy atom. The molecule has 0 heterocycles. The van der Waals surface area contributed by atoms with E-state index in [0.717, 1.165) is 19.3 Å². The van der Waals surface area contributed by atoms with Gasteiger partial charge in [-0.05, 0) is 38.5 Å². The summed E-state index contributed by atoms with van der Waals surface area (Å²) in [5, 5.41) is 0. The number of hydrogen-bond donors (Lipinski definition) is 0. The topological polar surface area (TPSA) is 26.3 Å². The van der Waals surface area contributed by atoms with Crippen LogP contribution in [0.1, 0.15) is 46.5 Å². The van der Waals surface area contributed by atoms with E-state index in [9.17, 15) is 4.79 Å². The van der Waals surface area contributed by atoms with Crippen LogP contribution in [0.5, 0.6) is 0 Å². The molecule has 88 valence electrons. The molecule has 1 unspecified atom stereocenters. The molecule has 0 aliphatic carbocycles. The van der Waals surface area contributed by atoms with Gasteiger partial charge >= 0.3 is 5.97 Å². The van der Waals surface area contributed by atoms with Gasteiger partial charge in [-0.15, -0.1) is 6.58 Å². The predicted molar refractivity (Wildman–Crippen MR) is 63.6 cm³/mol. The summed E-state index contributed by atoms with van der Waals surface area (Å²) in [6, 6.07) is 0. The maximum atomic E-state index is 11.3. The van der Waals surface area contributed by atoms with E-state index in [1.807, 2.05) is 19.9 Å². The third-order valence-electron chi connectivity index (χ3n) is 2.65. The minimum atomic E-state index is -0.0616. The van der Waals surface area contributed by atoms with E-state index in [1.54, 1.807) is 0 Å². The number of ether oxygens (including phenoxy) is 1. The van der Waals surface area contributed by atoms with Gasteiger partial charge in [0, 0.05) is 0 Å². The van der Waals surface area contributed by atoms with Crippen molar-refractivity contribution >= 4 is 5.97 Å². The third-order valence-corrected chi connectivity index (χ3v) is 2.65. The molecule has 0 saturated heterocycles. The van der Waals surface area contributed by atoms with Crippen LogP contribution in [0.15, 0.2) is 12.7 Å². The van der Waals surface area contributed by atoms with Gasteiger partial charge in [-0.25, -0.2) is 0 Å². The first-order valence-corrected chi connectivity index (χ1v) is 5.89. The second kappa shape index (κ2) is 8.51. The van der Waals surface area contributed by atoms with Crippen molar-refractivity contribution in [3.63, 3.8) is 0 Å². The van der Waals surface area contributed by atoms with E-state index in [2.05, 4.69) is 13.5 Å². The summed E-state index contributed by atoms with van der Waals surface area (Å²) in [4.78, 5) is 11.3. The molecule has 0 N–H and O–H groups in total. The average molecular weight is 212 g/mol. The lowest BCUT2D eigenvalue weighted by atomic mass is 9.95. The van der Waals surface area contributed by atoms with Gasteiger partial charge in [-0.1, -0.05) is 19.9 Å². The summed E-state index contributed by atoms with van der Waals surface area (Å²) in [6.45, 7) is 10.2. The van der Waals surface area contributed by atoms with Crippen molar-refractivity contribution in [2.75, 3.05) is 6.61 Å². The zero-order valence-corrected chi connectivity index (χ0v) is 10.3. The lowest BCUT2D eigenvalue weighted by molar-refractivity contribution is -0.147. The number of allylic oxidation sites excluding steroid dienone is 1. The van der Waals surface area contributed by atoms with Gasteiger partial charge in [-0.3, -0.25) is 4.79 Å². The molecule has 0 aromatic heterocycles. The minimum Gasteiger partial charge on any atom is -0.466 e. The third kappa shape index (κ3) is 7.18. The smallest absolute Gasteiger partial charge is 0.308 e. The molecule has 0 aliphatic heterocycles. The van der Waals surface area contributed by atoms with Gasteiger partial charge in [0.15, 0.2) is 0 Å². The standard InChI is InChI=1S/C13H24O2/c1-5-7-8-11(3)9-10-12(4)13(14)15-6-2/h5,11-12H,1,6-10H2,2-4H3/t11-,12?/m1/s1. The Balaban J connectivity index is 3.64. The molecule has 2 atom stereocenters. The fraction of sp³-hybridized carbons (Fsp3) is 0.769. The summed E-state index contributed by atoms with van der Waals surface area (Å²) in [5.74, 6) is 0.643. The van der Waals surface area contributed by atoms with Crippen LogP contribution in [0, 0.1) is 11.8 Å². The highest BCUT2D eigenvalue weighted by Crippen LogP contribution is 2.17. The molecule has 15 heavy (non-hydrogen) atoms. The highest BCUT2D eigenvalue weighted by atomic mass is 16.5. The van der Waals surface area contributed by atoms with Crippen LogP contribution in [-0.2, 0) is 9.53 Å². The Labute approximate surface area is 93.7 Å². The molecule has 0 fully saturated rings. The molecule has 0 aromatic carbocycles. The molecular weight excluding hydrogens is 188 g/mol. The maximum absolute atomic E-state index is 11.3. The zero-order chi connectivity index (χ0) is 11.7. The number of hydrogen-bond acceptors (Lipinski definition) is 2. The van der Waals surface area contributed by atoms with Gasteiger partial charge in [-0.2, -0.15) is 0 Å². The van der Waals surface area contributed by atoms with Crippen molar-refractivity contribution in [2.45, 2.75) is 46.5 Å². The van der Waals surface area contributed by atoms with Crippen molar-refractivity contribution in [2.24, 2.45) is 11.8 Å². The normalized spacial score (nSPS) is 14.3. The minimum absolute atomic E-state index is 0.0381. The first-order valence-electron chi connectivity index (χ1n) is 5.89. The van der Waals surface area contributed by atoms with Crippen LogP contribution < -0.4 is 0 Å². The zero-order valence-electron chi connectivity index (χ0n) is 10.3. The van der Waals surface area contributed by atoms with Crippen LogP contribution in [0.4, 0.5) is 0 Å². The molecule has 0 spiro atoms. The van der Waals surface area contributed by atoms with E-state index in [1.165, 1.54) is 6.42 Å². The fourth-order valence-corrected chi connectivity index (χ4v) is 1.48. The van der Waals surface area contributed by atoms with Crippen molar-refractivity contribution in [1.82, 2.24) is 0 Å². The summed E-state index contributed by atoms with van der Waals surface area (Å²) in [5.41, 5.74) is 0. The summed E-state index contributed by atoms with van der Waals surface area (Å²) in [7, 11) is 0. The van der Waals surface area contributed by atoms with Gasteiger partial charge in [0.2, 0.25) is 0 Å². The summed E-state index contributed by atoms with van der Waals surface area (Å²) < 4.78 is 4.96. The van der Waals surface area contributed by atoms with Crippen molar-refractivity contribution in [3.05, 3.63) is 12.7 Å². The largest absolute Gasteiger partial charge is 0.466 e. The van der Waals surface area contributed by atoms with Crippen LogP contribution in [0.3, 0.4) is 0 Å². The van der Waals surface area contributed by atoms with Crippen LogP contribution >= 0.6 is 0 Å². The molecule has 0 rings (SSSR count). The molecular formula is C13H24O2. The Bertz CT molecular complexity index is 187. The second-order valence-electron chi connectivity index (χ2n) is 4.20. The van der Waals surface area contributed by atoms with Gasteiger partial charge in [0.25, 0.3) is 0 Å². The Morgan fingerprint density at radius 1 is 1.33 bits per heavy atom. The lowest BCUT2D eigenvalue weighted by Crippen LogP contribution is -2.15. The maximum Gasteiger partial charge on any atom is 0.308 e. The lowest BCUT2D eigenvalue weighted by Gasteiger charge is -2.13. The monoisotopic (exact) mass is 212 g/mol. The van der Waals surface area contributed by atoms with Gasteiger partial charge in [0.1, 0.15) is 0 Å². The fourth-order valence-electron chi connectivity index (χ4n) is 1.48. The van der Waals surface area contributed by atoms with E-state index in [4.69, 9.17) is 4.74 Å². The quantitative estimate of drug-likeness (QED) is 0.454. The van der Waals surface area contributed by atoms with Gasteiger partial charge in [0.05, 0.1) is 12.5 Å². The van der Waals surface area contributed by atoms with Gasteiger partial charge < -0.3 is 4.74 Å². The molecule has 0 amide bonds. The van der Waals surface area contributed by atoms with Crippen molar-refractivity contribution < 1.29 is 9.53 Å². The van der Waals surface area contributed by atoms with Crippen molar-refractivity contribution in [1.29, 1.82) is 0 Å². The highest BCUT2D eigenvalue weighted by Gasteiger charge is 2.14. The van der Waals surface area contributed by atoms with Crippen LogP contribution in [-0.4, -0.2) is 12.6 Å². The molecule has 0 bridgehead atoms. The second-order valence-corrected chi connectivity index (χ2v) is 4.20.